The summed E-state index contributed by atoms with van der Waals surface area (Å²) in [5.41, 5.74) is 0. The summed E-state index contributed by atoms with van der Waals surface area (Å²) in [6.07, 6.45) is 3.09. The minimum atomic E-state index is -0.832. The molecule has 0 aromatic rings. The van der Waals surface area contributed by atoms with E-state index in [2.05, 4.69) is 27.7 Å². The molecule has 0 spiro atoms. The van der Waals surface area contributed by atoms with Crippen molar-refractivity contribution in [3.8, 4) is 0 Å². The Morgan fingerprint density at radius 1 is 1.25 bits per heavy atom. The number of rotatable bonds is 10. The summed E-state index contributed by atoms with van der Waals surface area (Å²) in [5, 5.41) is 10.2. The van der Waals surface area contributed by atoms with E-state index in [0.717, 1.165) is 19.3 Å². The van der Waals surface area contributed by atoms with Crippen LogP contribution in [0.1, 0.15) is 59.8 Å². The lowest BCUT2D eigenvalue weighted by molar-refractivity contribution is -0.140. The summed E-state index contributed by atoms with van der Waals surface area (Å²) in [5.74, 6) is 5.69. The fraction of sp³-hybridized carbons (Fsp3) is 0.867. The Hall–Kier alpha value is -1.10. The number of aliphatic carboxylic acids is 1. The van der Waals surface area contributed by atoms with Crippen LogP contribution in [0.2, 0.25) is 0 Å². The van der Waals surface area contributed by atoms with Gasteiger partial charge in [-0.25, -0.2) is 5.84 Å². The molecule has 5 nitrogen and oxygen atoms in total. The van der Waals surface area contributed by atoms with Gasteiger partial charge in [0, 0.05) is 19.4 Å². The number of carbonyl (C=O) groups is 2. The second-order valence-electron chi connectivity index (χ2n) is 6.19. The second kappa shape index (κ2) is 9.75. The number of nitrogens with zero attached hydrogens (tertiary/aromatic N) is 1. The van der Waals surface area contributed by atoms with Gasteiger partial charge in [0.05, 0.1) is 0 Å². The molecule has 0 aromatic carbocycles. The van der Waals surface area contributed by atoms with Crippen molar-refractivity contribution in [3.05, 3.63) is 0 Å². The lowest BCUT2D eigenvalue weighted by atomic mass is 9.91. The van der Waals surface area contributed by atoms with Crippen LogP contribution in [0.3, 0.4) is 0 Å². The molecular weight excluding hydrogens is 256 g/mol. The van der Waals surface area contributed by atoms with Crippen molar-refractivity contribution in [2.24, 2.45) is 23.6 Å². The lowest BCUT2D eigenvalue weighted by Crippen LogP contribution is -2.41. The molecule has 0 aliphatic rings. The van der Waals surface area contributed by atoms with Crippen LogP contribution in [0.25, 0.3) is 0 Å². The van der Waals surface area contributed by atoms with Gasteiger partial charge in [-0.1, -0.05) is 34.1 Å². The molecule has 0 aromatic heterocycles. The first-order valence-corrected chi connectivity index (χ1v) is 7.53. The Balaban J connectivity index is 4.39. The highest BCUT2D eigenvalue weighted by Crippen LogP contribution is 2.19. The van der Waals surface area contributed by atoms with Gasteiger partial charge in [-0.15, -0.1) is 0 Å². The third-order valence-corrected chi connectivity index (χ3v) is 3.61. The van der Waals surface area contributed by atoms with E-state index >= 15 is 0 Å². The molecule has 0 saturated heterocycles. The number of nitrogens with two attached hydrogens (primary N) is 1. The van der Waals surface area contributed by atoms with E-state index in [1.807, 2.05) is 0 Å². The molecule has 5 heteroatoms. The van der Waals surface area contributed by atoms with Crippen LogP contribution in [0.5, 0.6) is 0 Å². The molecule has 0 heterocycles. The highest BCUT2D eigenvalue weighted by Gasteiger charge is 2.20. The lowest BCUT2D eigenvalue weighted by Gasteiger charge is -2.25. The summed E-state index contributed by atoms with van der Waals surface area (Å²) < 4.78 is 0. The average Bonchev–Trinajstić information content (AvgIpc) is 2.34. The summed E-state index contributed by atoms with van der Waals surface area (Å²) >= 11 is 0. The molecule has 0 rings (SSSR count). The van der Waals surface area contributed by atoms with E-state index < -0.39 is 5.97 Å². The van der Waals surface area contributed by atoms with Gasteiger partial charge in [0.25, 0.3) is 0 Å². The van der Waals surface area contributed by atoms with Crippen molar-refractivity contribution in [1.29, 1.82) is 0 Å². The monoisotopic (exact) mass is 286 g/mol. The topological polar surface area (TPSA) is 83.6 Å². The first-order chi connectivity index (χ1) is 9.26. The van der Waals surface area contributed by atoms with Crippen molar-refractivity contribution >= 4 is 11.9 Å². The summed E-state index contributed by atoms with van der Waals surface area (Å²) in [6.45, 7) is 8.62. The quantitative estimate of drug-likeness (QED) is 0.367. The van der Waals surface area contributed by atoms with Gasteiger partial charge in [-0.2, -0.15) is 0 Å². The number of hydrogen-bond acceptors (Lipinski definition) is 3. The molecule has 0 saturated carbocycles. The van der Waals surface area contributed by atoms with E-state index in [9.17, 15) is 9.59 Å². The smallest absolute Gasteiger partial charge is 0.303 e. The van der Waals surface area contributed by atoms with E-state index in [1.54, 1.807) is 0 Å². The van der Waals surface area contributed by atoms with Crippen molar-refractivity contribution in [2.45, 2.75) is 59.8 Å². The van der Waals surface area contributed by atoms with Gasteiger partial charge in [-0.3, -0.25) is 14.6 Å². The number of hydrogen-bond donors (Lipinski definition) is 2. The third-order valence-electron chi connectivity index (χ3n) is 3.61. The molecule has 118 valence electrons. The SMILES string of the molecule is CCC(C)CC(CC(=O)O)CN(N)C(=O)CCC(C)C. The summed E-state index contributed by atoms with van der Waals surface area (Å²) in [6, 6.07) is 0. The molecule has 0 aliphatic carbocycles. The van der Waals surface area contributed by atoms with Gasteiger partial charge in [0.15, 0.2) is 0 Å². The second-order valence-corrected chi connectivity index (χ2v) is 6.19. The first-order valence-electron chi connectivity index (χ1n) is 7.53. The number of amides is 1. The zero-order valence-corrected chi connectivity index (χ0v) is 13.3. The standard InChI is InChI=1S/C15H30N2O3/c1-5-12(4)8-13(9-15(19)20)10-17(16)14(18)7-6-11(2)3/h11-13H,5-10,16H2,1-4H3,(H,19,20). The van der Waals surface area contributed by atoms with E-state index in [1.165, 1.54) is 5.01 Å². The van der Waals surface area contributed by atoms with Crippen LogP contribution >= 0.6 is 0 Å². The highest BCUT2D eigenvalue weighted by molar-refractivity contribution is 5.75. The van der Waals surface area contributed by atoms with Gasteiger partial charge < -0.3 is 5.11 Å². The normalized spacial score (nSPS) is 14.1. The van der Waals surface area contributed by atoms with Gasteiger partial charge in [0.1, 0.15) is 0 Å². The van der Waals surface area contributed by atoms with Crippen LogP contribution in [0.15, 0.2) is 0 Å². The Bertz CT molecular complexity index is 305. The molecule has 0 aliphatic heterocycles. The number of carboxylic acids is 1. The average molecular weight is 286 g/mol. The molecule has 0 radical (unpaired) electrons. The van der Waals surface area contributed by atoms with Crippen LogP contribution in [-0.4, -0.2) is 28.5 Å². The van der Waals surface area contributed by atoms with Gasteiger partial charge >= 0.3 is 5.97 Å². The van der Waals surface area contributed by atoms with Crippen molar-refractivity contribution in [1.82, 2.24) is 5.01 Å². The molecule has 2 atom stereocenters. The third kappa shape index (κ3) is 8.91. The summed E-state index contributed by atoms with van der Waals surface area (Å²) in [7, 11) is 0. The van der Waals surface area contributed by atoms with Crippen LogP contribution < -0.4 is 5.84 Å². The van der Waals surface area contributed by atoms with Crippen molar-refractivity contribution in [3.63, 3.8) is 0 Å². The number of hydrazine groups is 1. The Morgan fingerprint density at radius 3 is 2.30 bits per heavy atom. The maximum atomic E-state index is 11.9. The molecule has 0 bridgehead atoms. The molecule has 20 heavy (non-hydrogen) atoms. The van der Waals surface area contributed by atoms with Crippen molar-refractivity contribution < 1.29 is 14.7 Å². The number of carbonyl (C=O) groups excluding carboxylic acids is 1. The van der Waals surface area contributed by atoms with Crippen LogP contribution in [0, 0.1) is 17.8 Å². The molecule has 2 unspecified atom stereocenters. The predicted octanol–water partition coefficient (Wildman–Crippen LogP) is 2.65. The van der Waals surface area contributed by atoms with E-state index in [0.29, 0.717) is 24.8 Å². The van der Waals surface area contributed by atoms with E-state index in [4.69, 9.17) is 10.9 Å². The molecule has 3 N–H and O–H groups in total. The Kier molecular flexibility index (Phi) is 9.21. The fourth-order valence-corrected chi connectivity index (χ4v) is 2.14. The van der Waals surface area contributed by atoms with E-state index in [-0.39, 0.29) is 18.2 Å². The minimum Gasteiger partial charge on any atom is -0.481 e. The van der Waals surface area contributed by atoms with Crippen LogP contribution in [-0.2, 0) is 9.59 Å². The maximum absolute atomic E-state index is 11.9. The highest BCUT2D eigenvalue weighted by atomic mass is 16.4. The molecular formula is C15H30N2O3. The predicted molar refractivity (Wildman–Crippen MR) is 79.8 cm³/mol. The Labute approximate surface area is 122 Å². The minimum absolute atomic E-state index is 0.0650. The maximum Gasteiger partial charge on any atom is 0.303 e. The molecule has 0 fully saturated rings. The zero-order chi connectivity index (χ0) is 15.7. The molecule has 1 amide bonds. The fourth-order valence-electron chi connectivity index (χ4n) is 2.14. The van der Waals surface area contributed by atoms with Gasteiger partial charge in [0.2, 0.25) is 5.91 Å². The van der Waals surface area contributed by atoms with Crippen LogP contribution in [0.4, 0.5) is 0 Å². The number of carboxylic acid groups (broad SMARTS) is 1. The first kappa shape index (κ1) is 18.9. The summed E-state index contributed by atoms with van der Waals surface area (Å²) in [4.78, 5) is 22.8. The Morgan fingerprint density at radius 2 is 1.85 bits per heavy atom. The van der Waals surface area contributed by atoms with Crippen molar-refractivity contribution in [2.75, 3.05) is 6.54 Å². The largest absolute Gasteiger partial charge is 0.481 e. The zero-order valence-electron chi connectivity index (χ0n) is 13.3. The van der Waals surface area contributed by atoms with Gasteiger partial charge in [-0.05, 0) is 30.6 Å².